The SMILES string of the molecule is Oc1cccc(-c2nnc3n2CCCC3O)c1. The van der Waals surface area contributed by atoms with Crippen LogP contribution in [0.5, 0.6) is 5.75 Å². The van der Waals surface area contributed by atoms with E-state index in [1.807, 2.05) is 10.6 Å². The summed E-state index contributed by atoms with van der Waals surface area (Å²) in [5.41, 5.74) is 0.817. The Morgan fingerprint density at radius 3 is 3.00 bits per heavy atom. The van der Waals surface area contributed by atoms with Gasteiger partial charge < -0.3 is 14.8 Å². The molecular weight excluding hydrogens is 218 g/mol. The first-order chi connectivity index (χ1) is 8.25. The molecule has 1 aromatic carbocycles. The van der Waals surface area contributed by atoms with E-state index in [2.05, 4.69) is 10.2 Å². The van der Waals surface area contributed by atoms with Gasteiger partial charge in [0.2, 0.25) is 0 Å². The maximum absolute atomic E-state index is 9.80. The highest BCUT2D eigenvalue weighted by Gasteiger charge is 2.23. The Kier molecular flexibility index (Phi) is 2.33. The summed E-state index contributed by atoms with van der Waals surface area (Å²) in [6.07, 6.45) is 1.12. The molecule has 0 bridgehead atoms. The molecule has 2 aromatic rings. The highest BCUT2D eigenvalue weighted by Crippen LogP contribution is 2.29. The molecule has 5 nitrogen and oxygen atoms in total. The second-order valence-corrected chi connectivity index (χ2v) is 4.24. The van der Waals surface area contributed by atoms with Crippen LogP contribution in [0.15, 0.2) is 24.3 Å². The molecule has 2 N–H and O–H groups in total. The molecule has 0 radical (unpaired) electrons. The van der Waals surface area contributed by atoms with Gasteiger partial charge in [0.25, 0.3) is 0 Å². The summed E-state index contributed by atoms with van der Waals surface area (Å²) in [5, 5.41) is 27.4. The van der Waals surface area contributed by atoms with Crippen LogP contribution < -0.4 is 0 Å². The van der Waals surface area contributed by atoms with Crippen molar-refractivity contribution in [1.29, 1.82) is 0 Å². The number of benzene rings is 1. The van der Waals surface area contributed by atoms with Crippen molar-refractivity contribution >= 4 is 0 Å². The van der Waals surface area contributed by atoms with E-state index >= 15 is 0 Å². The quantitative estimate of drug-likeness (QED) is 0.779. The molecule has 3 rings (SSSR count). The molecule has 0 aliphatic carbocycles. The average molecular weight is 231 g/mol. The zero-order valence-corrected chi connectivity index (χ0v) is 9.24. The number of aliphatic hydroxyl groups is 1. The van der Waals surface area contributed by atoms with E-state index in [9.17, 15) is 10.2 Å². The number of hydrogen-bond acceptors (Lipinski definition) is 4. The maximum Gasteiger partial charge on any atom is 0.164 e. The van der Waals surface area contributed by atoms with Gasteiger partial charge in [-0.05, 0) is 25.0 Å². The van der Waals surface area contributed by atoms with Gasteiger partial charge in [-0.2, -0.15) is 0 Å². The minimum Gasteiger partial charge on any atom is -0.508 e. The van der Waals surface area contributed by atoms with Crippen LogP contribution in [0, 0.1) is 0 Å². The van der Waals surface area contributed by atoms with Crippen molar-refractivity contribution in [1.82, 2.24) is 14.8 Å². The summed E-state index contributed by atoms with van der Waals surface area (Å²) in [5.74, 6) is 1.53. The third-order valence-corrected chi connectivity index (χ3v) is 3.04. The summed E-state index contributed by atoms with van der Waals surface area (Å²) < 4.78 is 1.92. The first-order valence-corrected chi connectivity index (χ1v) is 5.66. The first-order valence-electron chi connectivity index (χ1n) is 5.66. The lowest BCUT2D eigenvalue weighted by atomic mass is 10.1. The molecule has 0 saturated carbocycles. The number of aromatic hydroxyl groups is 1. The monoisotopic (exact) mass is 231 g/mol. The van der Waals surface area contributed by atoms with Crippen molar-refractivity contribution in [2.24, 2.45) is 0 Å². The normalized spacial score (nSPS) is 19.0. The van der Waals surface area contributed by atoms with Gasteiger partial charge in [-0.1, -0.05) is 12.1 Å². The van der Waals surface area contributed by atoms with Gasteiger partial charge in [0.15, 0.2) is 11.6 Å². The summed E-state index contributed by atoms with van der Waals surface area (Å²) >= 11 is 0. The molecule has 1 atom stereocenters. The van der Waals surface area contributed by atoms with E-state index in [-0.39, 0.29) is 5.75 Å². The number of aliphatic hydroxyl groups excluding tert-OH is 1. The number of phenolic OH excluding ortho intramolecular Hbond substituents is 1. The van der Waals surface area contributed by atoms with Gasteiger partial charge in [-0.15, -0.1) is 10.2 Å². The Hall–Kier alpha value is -1.88. The minimum atomic E-state index is -0.526. The molecular formula is C12H13N3O2. The van der Waals surface area contributed by atoms with Crippen LogP contribution in [0.1, 0.15) is 24.8 Å². The van der Waals surface area contributed by atoms with E-state index in [1.165, 1.54) is 0 Å². The molecule has 1 aliphatic heterocycles. The standard InChI is InChI=1S/C12H13N3O2/c16-9-4-1-3-8(7-9)11-13-14-12-10(17)5-2-6-15(11)12/h1,3-4,7,10,16-17H,2,5-6H2. The van der Waals surface area contributed by atoms with Gasteiger partial charge in [0, 0.05) is 12.1 Å². The Labute approximate surface area is 98.4 Å². The second kappa shape index (κ2) is 3.85. The number of phenols is 1. The Balaban J connectivity index is 2.10. The van der Waals surface area contributed by atoms with E-state index in [0.717, 1.165) is 24.9 Å². The lowest BCUT2D eigenvalue weighted by molar-refractivity contribution is 0.134. The second-order valence-electron chi connectivity index (χ2n) is 4.24. The molecule has 0 amide bonds. The van der Waals surface area contributed by atoms with Crippen molar-refractivity contribution < 1.29 is 10.2 Å². The molecule has 1 unspecified atom stereocenters. The van der Waals surface area contributed by atoms with Crippen LogP contribution in [-0.2, 0) is 6.54 Å². The van der Waals surface area contributed by atoms with Gasteiger partial charge in [0.1, 0.15) is 11.9 Å². The molecule has 1 aromatic heterocycles. The van der Waals surface area contributed by atoms with Gasteiger partial charge >= 0.3 is 0 Å². The van der Waals surface area contributed by atoms with E-state index in [1.54, 1.807) is 18.2 Å². The number of nitrogens with zero attached hydrogens (tertiary/aromatic N) is 3. The zero-order chi connectivity index (χ0) is 11.8. The molecule has 0 saturated heterocycles. The van der Waals surface area contributed by atoms with E-state index in [0.29, 0.717) is 11.6 Å². The lowest BCUT2D eigenvalue weighted by Gasteiger charge is -2.19. The van der Waals surface area contributed by atoms with Gasteiger partial charge in [-0.25, -0.2) is 0 Å². The van der Waals surface area contributed by atoms with Crippen LogP contribution in [0.25, 0.3) is 11.4 Å². The number of fused-ring (bicyclic) bond motifs is 1. The van der Waals surface area contributed by atoms with Crippen molar-refractivity contribution in [2.45, 2.75) is 25.5 Å². The number of aromatic nitrogens is 3. The van der Waals surface area contributed by atoms with Crippen LogP contribution in [0.2, 0.25) is 0 Å². The maximum atomic E-state index is 9.80. The van der Waals surface area contributed by atoms with E-state index in [4.69, 9.17) is 0 Å². The first kappa shape index (κ1) is 10.3. The Morgan fingerprint density at radius 2 is 2.18 bits per heavy atom. The molecule has 0 spiro atoms. The zero-order valence-electron chi connectivity index (χ0n) is 9.24. The minimum absolute atomic E-state index is 0.205. The molecule has 5 heteroatoms. The summed E-state index contributed by atoms with van der Waals surface area (Å²) in [4.78, 5) is 0. The lowest BCUT2D eigenvalue weighted by Crippen LogP contribution is -2.16. The molecule has 17 heavy (non-hydrogen) atoms. The number of rotatable bonds is 1. The highest BCUT2D eigenvalue weighted by atomic mass is 16.3. The van der Waals surface area contributed by atoms with Crippen LogP contribution in [0.3, 0.4) is 0 Å². The summed E-state index contributed by atoms with van der Waals surface area (Å²) in [6, 6.07) is 6.91. The fourth-order valence-corrected chi connectivity index (χ4v) is 2.21. The fraction of sp³-hybridized carbons (Fsp3) is 0.333. The molecule has 88 valence electrons. The van der Waals surface area contributed by atoms with Crippen molar-refractivity contribution in [3.63, 3.8) is 0 Å². The topological polar surface area (TPSA) is 71.2 Å². The Morgan fingerprint density at radius 1 is 1.29 bits per heavy atom. The summed E-state index contributed by atoms with van der Waals surface area (Å²) in [6.45, 7) is 0.810. The predicted molar refractivity (Wildman–Crippen MR) is 61.3 cm³/mol. The number of hydrogen-bond donors (Lipinski definition) is 2. The van der Waals surface area contributed by atoms with Crippen molar-refractivity contribution in [2.75, 3.05) is 0 Å². The van der Waals surface area contributed by atoms with Gasteiger partial charge in [-0.3, -0.25) is 0 Å². The third kappa shape index (κ3) is 1.68. The molecule has 0 fully saturated rings. The van der Waals surface area contributed by atoms with Crippen LogP contribution in [-0.4, -0.2) is 25.0 Å². The largest absolute Gasteiger partial charge is 0.508 e. The van der Waals surface area contributed by atoms with Gasteiger partial charge in [0.05, 0.1) is 0 Å². The van der Waals surface area contributed by atoms with Crippen molar-refractivity contribution in [3.8, 4) is 17.1 Å². The third-order valence-electron chi connectivity index (χ3n) is 3.04. The Bertz CT molecular complexity index is 550. The van der Waals surface area contributed by atoms with Crippen LogP contribution >= 0.6 is 0 Å². The predicted octanol–water partition coefficient (Wildman–Crippen LogP) is 1.48. The summed E-state index contributed by atoms with van der Waals surface area (Å²) in [7, 11) is 0. The fourth-order valence-electron chi connectivity index (χ4n) is 2.21. The molecule has 1 aliphatic rings. The highest BCUT2D eigenvalue weighted by molar-refractivity contribution is 5.57. The van der Waals surface area contributed by atoms with E-state index < -0.39 is 6.10 Å². The average Bonchev–Trinajstić information content (AvgIpc) is 2.74. The molecule has 2 heterocycles. The van der Waals surface area contributed by atoms with Crippen molar-refractivity contribution in [3.05, 3.63) is 30.1 Å². The smallest absolute Gasteiger partial charge is 0.164 e. The van der Waals surface area contributed by atoms with Crippen LogP contribution in [0.4, 0.5) is 0 Å².